The lowest BCUT2D eigenvalue weighted by Gasteiger charge is -2.21. The van der Waals surface area contributed by atoms with E-state index in [2.05, 4.69) is 35.4 Å². The molecule has 3 aromatic rings. The lowest BCUT2D eigenvalue weighted by molar-refractivity contribution is 0.474. The third-order valence-corrected chi connectivity index (χ3v) is 5.62. The molecule has 0 aliphatic rings. The molecule has 0 atom stereocenters. The first-order valence-electron chi connectivity index (χ1n) is 10.2. The number of anilines is 1. The molecule has 162 valence electrons. The first kappa shape index (κ1) is 22.5. The van der Waals surface area contributed by atoms with Crippen LogP contribution in [0.15, 0.2) is 70.1 Å². The van der Waals surface area contributed by atoms with Crippen LogP contribution in [0.5, 0.6) is 5.75 Å². The lowest BCUT2D eigenvalue weighted by atomic mass is 10.2. The largest absolute Gasteiger partial charge is 0.507 e. The third kappa shape index (κ3) is 5.49. The molecule has 0 radical (unpaired) electrons. The summed E-state index contributed by atoms with van der Waals surface area (Å²) in [5, 5.41) is 17.1. The topological polar surface area (TPSA) is 53.1 Å². The summed E-state index contributed by atoms with van der Waals surface area (Å²) in [5.41, 5.74) is 4.13. The summed E-state index contributed by atoms with van der Waals surface area (Å²) in [6.45, 7) is 12.2. The SMILES string of the molecule is C=C(C)CN=c1scc(-c2ccc(F)cc2)n1N=Cc1ccc(N(CC)CC)cc1O. The average Bonchev–Trinajstić information content (AvgIpc) is 3.16. The van der Waals surface area contributed by atoms with Gasteiger partial charge in [0.25, 0.3) is 0 Å². The maximum absolute atomic E-state index is 13.4. The van der Waals surface area contributed by atoms with Crippen LogP contribution in [0.2, 0.25) is 0 Å². The fraction of sp³-hybridized carbons (Fsp3) is 0.250. The number of hydrogen-bond donors (Lipinski definition) is 1. The van der Waals surface area contributed by atoms with Gasteiger partial charge in [0.1, 0.15) is 11.6 Å². The first-order valence-corrected chi connectivity index (χ1v) is 11.0. The number of rotatable bonds is 8. The predicted octanol–water partition coefficient (Wildman–Crippen LogP) is 5.27. The Bertz CT molecular complexity index is 1140. The van der Waals surface area contributed by atoms with E-state index < -0.39 is 0 Å². The van der Waals surface area contributed by atoms with E-state index in [0.29, 0.717) is 16.9 Å². The summed E-state index contributed by atoms with van der Waals surface area (Å²) in [6.07, 6.45) is 1.61. The van der Waals surface area contributed by atoms with E-state index in [9.17, 15) is 9.50 Å². The molecule has 0 aliphatic carbocycles. The number of nitrogens with zero attached hydrogens (tertiary/aromatic N) is 4. The Kier molecular flexibility index (Phi) is 7.41. The molecule has 3 rings (SSSR count). The molecule has 0 saturated carbocycles. The summed E-state index contributed by atoms with van der Waals surface area (Å²) in [5.74, 6) is -0.132. The Hall–Kier alpha value is -3.19. The summed E-state index contributed by atoms with van der Waals surface area (Å²) in [7, 11) is 0. The van der Waals surface area contributed by atoms with E-state index in [0.717, 1.165) is 35.6 Å². The maximum atomic E-state index is 13.4. The Balaban J connectivity index is 2.02. The fourth-order valence-electron chi connectivity index (χ4n) is 3.09. The summed E-state index contributed by atoms with van der Waals surface area (Å²) in [4.78, 5) is 7.44. The molecular formula is C24H27FN4OS. The van der Waals surface area contributed by atoms with Crippen molar-refractivity contribution in [3.05, 3.63) is 76.2 Å². The third-order valence-electron chi connectivity index (χ3n) is 4.76. The van der Waals surface area contributed by atoms with Crippen molar-refractivity contribution in [3.8, 4) is 17.0 Å². The van der Waals surface area contributed by atoms with Crippen LogP contribution < -0.4 is 9.70 Å². The number of aromatic hydroxyl groups is 1. The zero-order valence-electron chi connectivity index (χ0n) is 18.0. The molecule has 1 aromatic heterocycles. The molecule has 1 heterocycles. The van der Waals surface area contributed by atoms with Gasteiger partial charge in [-0.3, -0.25) is 4.99 Å². The van der Waals surface area contributed by atoms with Crippen LogP contribution in [0.3, 0.4) is 0 Å². The highest BCUT2D eigenvalue weighted by molar-refractivity contribution is 7.07. The lowest BCUT2D eigenvalue weighted by Crippen LogP contribution is -2.21. The number of halogens is 1. The minimum Gasteiger partial charge on any atom is -0.507 e. The van der Waals surface area contributed by atoms with E-state index in [-0.39, 0.29) is 11.6 Å². The van der Waals surface area contributed by atoms with Crippen LogP contribution in [0, 0.1) is 5.82 Å². The van der Waals surface area contributed by atoms with Gasteiger partial charge in [0.2, 0.25) is 4.80 Å². The minimum atomic E-state index is -0.292. The number of phenols is 1. The molecule has 31 heavy (non-hydrogen) atoms. The number of hydrogen-bond acceptors (Lipinski definition) is 5. The van der Waals surface area contributed by atoms with Gasteiger partial charge >= 0.3 is 0 Å². The molecule has 0 amide bonds. The van der Waals surface area contributed by atoms with Gasteiger partial charge in [-0.05, 0) is 57.2 Å². The van der Waals surface area contributed by atoms with Gasteiger partial charge in [-0.25, -0.2) is 9.07 Å². The second kappa shape index (κ2) is 10.2. The van der Waals surface area contributed by atoms with Gasteiger partial charge in [-0.15, -0.1) is 11.3 Å². The maximum Gasteiger partial charge on any atom is 0.206 e. The highest BCUT2D eigenvalue weighted by Gasteiger charge is 2.09. The smallest absolute Gasteiger partial charge is 0.206 e. The van der Waals surface area contributed by atoms with Gasteiger partial charge < -0.3 is 10.0 Å². The quantitative estimate of drug-likeness (QED) is 0.385. The summed E-state index contributed by atoms with van der Waals surface area (Å²) < 4.78 is 15.1. The van der Waals surface area contributed by atoms with Crippen molar-refractivity contribution in [1.82, 2.24) is 4.68 Å². The molecule has 0 unspecified atom stereocenters. The van der Waals surface area contributed by atoms with Crippen molar-refractivity contribution >= 4 is 23.2 Å². The Morgan fingerprint density at radius 2 is 1.90 bits per heavy atom. The van der Waals surface area contributed by atoms with E-state index in [4.69, 9.17) is 0 Å². The van der Waals surface area contributed by atoms with E-state index >= 15 is 0 Å². The highest BCUT2D eigenvalue weighted by Crippen LogP contribution is 2.24. The number of thiazole rings is 1. The van der Waals surface area contributed by atoms with Gasteiger partial charge in [0.05, 0.1) is 18.5 Å². The number of phenolic OH excluding ortho intramolecular Hbond substituents is 1. The van der Waals surface area contributed by atoms with Crippen LogP contribution in [-0.4, -0.2) is 35.6 Å². The van der Waals surface area contributed by atoms with Gasteiger partial charge in [-0.1, -0.05) is 12.2 Å². The highest BCUT2D eigenvalue weighted by atomic mass is 32.1. The Labute approximate surface area is 186 Å². The molecule has 1 N–H and O–H groups in total. The number of benzene rings is 2. The fourth-order valence-corrected chi connectivity index (χ4v) is 3.92. The molecule has 0 bridgehead atoms. The van der Waals surface area contributed by atoms with E-state index in [1.807, 2.05) is 24.4 Å². The molecule has 7 heteroatoms. The van der Waals surface area contributed by atoms with Crippen LogP contribution in [-0.2, 0) is 0 Å². The normalized spacial score (nSPS) is 11.9. The standard InChI is InChI=1S/C24H27FN4OS/c1-5-28(6-2)21-12-9-19(23(30)13-21)15-27-29-22(18-7-10-20(25)11-8-18)16-31-24(29)26-14-17(3)4/h7-13,15-16,30H,3,5-6,14H2,1-2,4H3. The van der Waals surface area contributed by atoms with Crippen molar-refractivity contribution in [2.75, 3.05) is 24.5 Å². The van der Waals surface area contributed by atoms with Crippen LogP contribution in [0.1, 0.15) is 26.3 Å². The minimum absolute atomic E-state index is 0.160. The van der Waals surface area contributed by atoms with Crippen LogP contribution >= 0.6 is 11.3 Å². The van der Waals surface area contributed by atoms with Gasteiger partial charge in [-0.2, -0.15) is 5.10 Å². The Morgan fingerprint density at radius 1 is 1.19 bits per heavy atom. The first-order chi connectivity index (χ1) is 14.9. The van der Waals surface area contributed by atoms with E-state index in [1.54, 1.807) is 29.1 Å². The molecule has 2 aromatic carbocycles. The molecular weight excluding hydrogens is 411 g/mol. The summed E-state index contributed by atoms with van der Waals surface area (Å²) in [6, 6.07) is 11.8. The van der Waals surface area contributed by atoms with Crippen molar-refractivity contribution in [2.45, 2.75) is 20.8 Å². The predicted molar refractivity (Wildman–Crippen MR) is 128 cm³/mol. The molecule has 0 fully saturated rings. The van der Waals surface area contributed by atoms with Gasteiger partial charge in [0, 0.05) is 41.4 Å². The van der Waals surface area contributed by atoms with E-state index in [1.165, 1.54) is 23.5 Å². The molecule has 0 saturated heterocycles. The Morgan fingerprint density at radius 3 is 2.52 bits per heavy atom. The molecule has 0 aliphatic heterocycles. The van der Waals surface area contributed by atoms with Crippen LogP contribution in [0.4, 0.5) is 10.1 Å². The van der Waals surface area contributed by atoms with Crippen molar-refractivity contribution in [2.24, 2.45) is 10.1 Å². The zero-order valence-corrected chi connectivity index (χ0v) is 18.9. The van der Waals surface area contributed by atoms with Crippen molar-refractivity contribution in [1.29, 1.82) is 0 Å². The van der Waals surface area contributed by atoms with Crippen molar-refractivity contribution < 1.29 is 9.50 Å². The average molecular weight is 439 g/mol. The van der Waals surface area contributed by atoms with Crippen LogP contribution in [0.25, 0.3) is 11.3 Å². The summed E-state index contributed by atoms with van der Waals surface area (Å²) >= 11 is 1.45. The monoisotopic (exact) mass is 438 g/mol. The second-order valence-corrected chi connectivity index (χ2v) is 7.99. The zero-order chi connectivity index (χ0) is 22.4. The number of aromatic nitrogens is 1. The van der Waals surface area contributed by atoms with Crippen molar-refractivity contribution in [3.63, 3.8) is 0 Å². The van der Waals surface area contributed by atoms with Gasteiger partial charge in [0.15, 0.2) is 0 Å². The second-order valence-electron chi connectivity index (χ2n) is 7.16. The molecule has 0 spiro atoms. The molecule has 5 nitrogen and oxygen atoms in total.